The first-order valence-corrected chi connectivity index (χ1v) is 16.1. The van der Waals surface area contributed by atoms with Gasteiger partial charge in [0.1, 0.15) is 6.04 Å². The SMILES string of the molecule is Cc1cccc2c1NC(C(=O)NC(CCC(=O)N1CCN3CNCC3C1)C1(C3CCCCC3)NCCCC1C)C2. The van der Waals surface area contributed by atoms with Crippen molar-refractivity contribution < 1.29 is 9.59 Å². The first-order valence-electron chi connectivity index (χ1n) is 16.1. The summed E-state index contributed by atoms with van der Waals surface area (Å²) in [6, 6.07) is 6.42. The van der Waals surface area contributed by atoms with Gasteiger partial charge in [-0.05, 0) is 68.5 Å². The molecule has 4 heterocycles. The van der Waals surface area contributed by atoms with Gasteiger partial charge in [-0.25, -0.2) is 0 Å². The van der Waals surface area contributed by atoms with Gasteiger partial charge in [-0.1, -0.05) is 44.4 Å². The van der Waals surface area contributed by atoms with Crippen LogP contribution in [0.4, 0.5) is 5.69 Å². The predicted octanol–water partition coefficient (Wildman–Crippen LogP) is 3.01. The van der Waals surface area contributed by atoms with E-state index < -0.39 is 0 Å². The summed E-state index contributed by atoms with van der Waals surface area (Å²) in [6.07, 6.45) is 10.5. The van der Waals surface area contributed by atoms with Gasteiger partial charge in [0.2, 0.25) is 11.8 Å². The highest BCUT2D eigenvalue weighted by atomic mass is 16.2. The van der Waals surface area contributed by atoms with Crippen LogP contribution in [0.3, 0.4) is 0 Å². The van der Waals surface area contributed by atoms with Crippen LogP contribution in [0.1, 0.15) is 75.8 Å². The van der Waals surface area contributed by atoms with Crippen molar-refractivity contribution in [2.24, 2.45) is 11.8 Å². The Hall–Kier alpha value is -2.16. The summed E-state index contributed by atoms with van der Waals surface area (Å²) in [7, 11) is 0. The molecule has 0 spiro atoms. The minimum Gasteiger partial charge on any atom is -0.373 e. The molecule has 1 saturated carbocycles. The average Bonchev–Trinajstić information content (AvgIpc) is 3.64. The number of piperidine rings is 1. The maximum atomic E-state index is 14.0. The Balaban J connectivity index is 1.21. The molecule has 1 aromatic carbocycles. The highest BCUT2D eigenvalue weighted by Crippen LogP contribution is 2.44. The predicted molar refractivity (Wildman–Crippen MR) is 159 cm³/mol. The third-order valence-corrected chi connectivity index (χ3v) is 11.0. The van der Waals surface area contributed by atoms with Crippen molar-refractivity contribution in [1.82, 2.24) is 25.8 Å². The largest absolute Gasteiger partial charge is 0.373 e. The number of amides is 2. The molecule has 3 saturated heterocycles. The van der Waals surface area contributed by atoms with E-state index in [9.17, 15) is 9.59 Å². The first-order chi connectivity index (χ1) is 19.5. The summed E-state index contributed by atoms with van der Waals surface area (Å²) < 4.78 is 0. The van der Waals surface area contributed by atoms with Gasteiger partial charge in [0, 0.05) is 69.0 Å². The highest BCUT2D eigenvalue weighted by Gasteiger charge is 2.51. The smallest absolute Gasteiger partial charge is 0.243 e. The van der Waals surface area contributed by atoms with E-state index in [1.165, 1.54) is 56.1 Å². The number of anilines is 1. The molecule has 4 aliphatic heterocycles. The van der Waals surface area contributed by atoms with Gasteiger partial charge in [0.25, 0.3) is 0 Å². The maximum absolute atomic E-state index is 14.0. The standard InChI is InChI=1S/C32H50N6O2/c1-22-8-6-10-24-18-27(35-30(22)24)31(40)36-28(13-14-29(39)37-16-17-38-21-33-19-26(38)20-37)32(23(2)9-7-15-34-32)25-11-4-3-5-12-25/h6,8,10,23,25-28,33-35H,3-5,7,9,11-21H2,1-2H3,(H,36,40). The molecule has 2 amide bonds. The molecule has 0 bridgehead atoms. The zero-order valence-corrected chi connectivity index (χ0v) is 24.6. The van der Waals surface area contributed by atoms with E-state index in [0.29, 0.717) is 37.1 Å². The van der Waals surface area contributed by atoms with Crippen LogP contribution in [0.5, 0.6) is 0 Å². The van der Waals surface area contributed by atoms with Gasteiger partial charge < -0.3 is 26.2 Å². The van der Waals surface area contributed by atoms with Crippen LogP contribution in [0, 0.1) is 18.8 Å². The van der Waals surface area contributed by atoms with Gasteiger partial charge in [-0.15, -0.1) is 0 Å². The van der Waals surface area contributed by atoms with Crippen molar-refractivity contribution in [3.05, 3.63) is 29.3 Å². The van der Waals surface area contributed by atoms with Gasteiger partial charge in [0.15, 0.2) is 0 Å². The molecule has 220 valence electrons. The van der Waals surface area contributed by atoms with Crippen LogP contribution in [0.25, 0.3) is 0 Å². The fourth-order valence-corrected chi connectivity index (χ4v) is 8.74. The molecule has 5 aliphatic rings. The van der Waals surface area contributed by atoms with Gasteiger partial charge in [0.05, 0.1) is 0 Å². The molecule has 5 unspecified atom stereocenters. The van der Waals surface area contributed by atoms with E-state index in [0.717, 1.165) is 45.1 Å². The Labute approximate surface area is 240 Å². The molecule has 4 fully saturated rings. The summed E-state index contributed by atoms with van der Waals surface area (Å²) in [5.41, 5.74) is 3.36. The molecule has 1 aliphatic carbocycles. The summed E-state index contributed by atoms with van der Waals surface area (Å²) in [6.45, 7) is 9.95. The van der Waals surface area contributed by atoms with E-state index in [2.05, 4.69) is 63.1 Å². The van der Waals surface area contributed by atoms with Crippen molar-refractivity contribution in [1.29, 1.82) is 0 Å². The quantitative estimate of drug-likeness (QED) is 0.418. The Morgan fingerprint density at radius 3 is 2.77 bits per heavy atom. The summed E-state index contributed by atoms with van der Waals surface area (Å²) in [5, 5.41) is 14.6. The number of piperazine rings is 1. The van der Waals surface area contributed by atoms with Crippen molar-refractivity contribution >= 4 is 17.5 Å². The number of fused-ring (bicyclic) bond motifs is 2. The Morgan fingerprint density at radius 2 is 1.98 bits per heavy atom. The summed E-state index contributed by atoms with van der Waals surface area (Å²) in [4.78, 5) is 32.1. The lowest BCUT2D eigenvalue weighted by Gasteiger charge is -2.55. The van der Waals surface area contributed by atoms with Gasteiger partial charge >= 0.3 is 0 Å². The fraction of sp³-hybridized carbons (Fsp3) is 0.750. The fourth-order valence-electron chi connectivity index (χ4n) is 8.74. The molecular formula is C32H50N6O2. The normalized spacial score (nSPS) is 31.8. The minimum atomic E-state index is -0.264. The van der Waals surface area contributed by atoms with Crippen LogP contribution in [0.15, 0.2) is 18.2 Å². The Morgan fingerprint density at radius 1 is 1.12 bits per heavy atom. The van der Waals surface area contributed by atoms with Crippen LogP contribution >= 0.6 is 0 Å². The van der Waals surface area contributed by atoms with Crippen LogP contribution in [-0.2, 0) is 16.0 Å². The van der Waals surface area contributed by atoms with Crippen molar-refractivity contribution in [2.75, 3.05) is 44.7 Å². The molecule has 8 heteroatoms. The molecule has 1 aromatic rings. The second kappa shape index (κ2) is 12.0. The van der Waals surface area contributed by atoms with E-state index in [4.69, 9.17) is 0 Å². The first kappa shape index (κ1) is 28.0. The van der Waals surface area contributed by atoms with Crippen LogP contribution in [0.2, 0.25) is 0 Å². The molecule has 8 nitrogen and oxygen atoms in total. The number of nitrogens with zero attached hydrogens (tertiary/aromatic N) is 2. The Bertz CT molecular complexity index is 1070. The zero-order chi connectivity index (χ0) is 27.7. The number of benzene rings is 1. The third kappa shape index (κ3) is 5.39. The number of rotatable bonds is 7. The van der Waals surface area contributed by atoms with Crippen LogP contribution < -0.4 is 21.3 Å². The third-order valence-electron chi connectivity index (χ3n) is 11.0. The number of nitrogens with one attached hydrogen (secondary N) is 4. The van der Waals surface area contributed by atoms with Crippen LogP contribution in [-0.4, -0.2) is 84.7 Å². The summed E-state index contributed by atoms with van der Waals surface area (Å²) in [5.74, 6) is 1.30. The van der Waals surface area contributed by atoms with E-state index >= 15 is 0 Å². The maximum Gasteiger partial charge on any atom is 0.243 e. The summed E-state index contributed by atoms with van der Waals surface area (Å²) >= 11 is 0. The van der Waals surface area contributed by atoms with E-state index in [1.807, 2.05) is 0 Å². The molecule has 6 rings (SSSR count). The van der Waals surface area contributed by atoms with Crippen molar-refractivity contribution in [3.63, 3.8) is 0 Å². The highest BCUT2D eigenvalue weighted by molar-refractivity contribution is 5.88. The monoisotopic (exact) mass is 550 g/mol. The number of carbonyl (C=O) groups is 2. The lowest BCUT2D eigenvalue weighted by molar-refractivity contribution is -0.134. The number of carbonyl (C=O) groups excluding carboxylic acids is 2. The topological polar surface area (TPSA) is 88.7 Å². The second-order valence-electron chi connectivity index (χ2n) is 13.3. The second-order valence-corrected chi connectivity index (χ2v) is 13.3. The van der Waals surface area contributed by atoms with E-state index in [1.54, 1.807) is 0 Å². The molecule has 0 radical (unpaired) electrons. The van der Waals surface area contributed by atoms with Gasteiger partial charge in [-0.2, -0.15) is 0 Å². The van der Waals surface area contributed by atoms with E-state index in [-0.39, 0.29) is 29.4 Å². The molecule has 40 heavy (non-hydrogen) atoms. The minimum absolute atomic E-state index is 0.0663. The average molecular weight is 551 g/mol. The zero-order valence-electron chi connectivity index (χ0n) is 24.6. The molecule has 0 aromatic heterocycles. The molecule has 5 atom stereocenters. The number of hydrogen-bond acceptors (Lipinski definition) is 6. The number of hydrogen-bond donors (Lipinski definition) is 4. The lowest BCUT2D eigenvalue weighted by atomic mass is 9.61. The molecular weight excluding hydrogens is 500 g/mol. The lowest BCUT2D eigenvalue weighted by Crippen LogP contribution is -2.70. The van der Waals surface area contributed by atoms with Crippen molar-refractivity contribution in [2.45, 2.75) is 102 Å². The van der Waals surface area contributed by atoms with Crippen molar-refractivity contribution in [3.8, 4) is 0 Å². The number of para-hydroxylation sites is 1. The molecule has 4 N–H and O–H groups in total. The number of aryl methyl sites for hydroxylation is 1. The Kier molecular flexibility index (Phi) is 8.38. The van der Waals surface area contributed by atoms with Gasteiger partial charge in [-0.3, -0.25) is 14.5 Å².